The van der Waals surface area contributed by atoms with Crippen molar-refractivity contribution in [3.8, 4) is 0 Å². The first-order chi connectivity index (χ1) is 8.56. The van der Waals surface area contributed by atoms with Crippen molar-refractivity contribution in [2.75, 3.05) is 19.6 Å². The Morgan fingerprint density at radius 2 is 1.72 bits per heavy atom. The molecule has 2 N–H and O–H groups in total. The van der Waals surface area contributed by atoms with Crippen LogP contribution in [0.15, 0.2) is 0 Å². The zero-order valence-electron chi connectivity index (χ0n) is 12.0. The summed E-state index contributed by atoms with van der Waals surface area (Å²) >= 11 is 0. The maximum atomic E-state index is 12.4. The predicted molar refractivity (Wildman–Crippen MR) is 74.1 cm³/mol. The third-order valence-corrected chi connectivity index (χ3v) is 5.21. The lowest BCUT2D eigenvalue weighted by Gasteiger charge is -2.36. The van der Waals surface area contributed by atoms with Crippen molar-refractivity contribution in [1.29, 1.82) is 0 Å². The van der Waals surface area contributed by atoms with Crippen LogP contribution in [-0.4, -0.2) is 30.4 Å². The van der Waals surface area contributed by atoms with Gasteiger partial charge in [0.25, 0.3) is 0 Å². The highest BCUT2D eigenvalue weighted by Crippen LogP contribution is 2.39. The van der Waals surface area contributed by atoms with Crippen LogP contribution in [-0.2, 0) is 4.79 Å². The van der Waals surface area contributed by atoms with E-state index in [2.05, 4.69) is 18.7 Å². The van der Waals surface area contributed by atoms with Crippen LogP contribution in [0.3, 0.4) is 0 Å². The summed E-state index contributed by atoms with van der Waals surface area (Å²) in [7, 11) is 0. The predicted octanol–water partition coefficient (Wildman–Crippen LogP) is 2.40. The van der Waals surface area contributed by atoms with E-state index < -0.39 is 0 Å². The van der Waals surface area contributed by atoms with Crippen molar-refractivity contribution in [3.05, 3.63) is 0 Å². The lowest BCUT2D eigenvalue weighted by Crippen LogP contribution is -2.40. The minimum Gasteiger partial charge on any atom is -0.342 e. The van der Waals surface area contributed by atoms with Gasteiger partial charge in [-0.2, -0.15) is 0 Å². The number of rotatable bonds is 3. The number of carbonyl (C=O) groups is 1. The van der Waals surface area contributed by atoms with E-state index in [-0.39, 0.29) is 5.41 Å². The minimum absolute atomic E-state index is 0.115. The fourth-order valence-corrected chi connectivity index (χ4v) is 3.52. The zero-order valence-corrected chi connectivity index (χ0v) is 12.0. The van der Waals surface area contributed by atoms with Crippen molar-refractivity contribution in [2.24, 2.45) is 23.0 Å². The maximum Gasteiger partial charge on any atom is 0.223 e. The topological polar surface area (TPSA) is 46.3 Å². The normalized spacial score (nSPS) is 31.6. The third kappa shape index (κ3) is 2.87. The lowest BCUT2D eigenvalue weighted by atomic mass is 9.71. The van der Waals surface area contributed by atoms with E-state index in [4.69, 9.17) is 5.73 Å². The number of nitrogens with two attached hydrogens (primary N) is 1. The Bertz CT molecular complexity index is 287. The molecule has 2 fully saturated rings. The van der Waals surface area contributed by atoms with Gasteiger partial charge in [-0.15, -0.1) is 0 Å². The lowest BCUT2D eigenvalue weighted by molar-refractivity contribution is -0.133. The summed E-state index contributed by atoms with van der Waals surface area (Å²) in [4.78, 5) is 14.5. The molecule has 1 saturated carbocycles. The van der Waals surface area contributed by atoms with Crippen molar-refractivity contribution in [1.82, 2.24) is 4.90 Å². The molecule has 1 aliphatic heterocycles. The molecule has 0 aromatic carbocycles. The van der Waals surface area contributed by atoms with Gasteiger partial charge in [0.15, 0.2) is 0 Å². The molecule has 1 aliphatic carbocycles. The van der Waals surface area contributed by atoms with E-state index in [9.17, 15) is 4.79 Å². The highest BCUT2D eigenvalue weighted by atomic mass is 16.2. The summed E-state index contributed by atoms with van der Waals surface area (Å²) in [5.74, 6) is 1.64. The Labute approximate surface area is 111 Å². The van der Waals surface area contributed by atoms with E-state index in [0.717, 1.165) is 25.9 Å². The SMILES string of the molecule is CC1CN(C(=O)CC2(CN)CCCCC2)CC1C. The van der Waals surface area contributed by atoms with Gasteiger partial charge in [0.05, 0.1) is 0 Å². The molecule has 2 aliphatic rings. The van der Waals surface area contributed by atoms with Crippen LogP contribution >= 0.6 is 0 Å². The fourth-order valence-electron chi connectivity index (χ4n) is 3.52. The van der Waals surface area contributed by atoms with Gasteiger partial charge in [-0.05, 0) is 36.6 Å². The molecule has 2 rings (SSSR count). The summed E-state index contributed by atoms with van der Waals surface area (Å²) in [6.45, 7) is 7.06. The van der Waals surface area contributed by atoms with Gasteiger partial charge >= 0.3 is 0 Å². The smallest absolute Gasteiger partial charge is 0.223 e. The molecule has 1 heterocycles. The second kappa shape index (κ2) is 5.60. The molecular weight excluding hydrogens is 224 g/mol. The second-order valence-corrected chi connectivity index (χ2v) is 6.69. The molecule has 1 saturated heterocycles. The first-order valence-corrected chi connectivity index (χ1v) is 7.54. The van der Waals surface area contributed by atoms with E-state index >= 15 is 0 Å². The first kappa shape index (κ1) is 13.9. The van der Waals surface area contributed by atoms with Crippen LogP contribution in [0.1, 0.15) is 52.4 Å². The van der Waals surface area contributed by atoms with Gasteiger partial charge < -0.3 is 10.6 Å². The van der Waals surface area contributed by atoms with Crippen LogP contribution in [0.2, 0.25) is 0 Å². The van der Waals surface area contributed by atoms with Crippen LogP contribution in [0.4, 0.5) is 0 Å². The summed E-state index contributed by atoms with van der Waals surface area (Å²) < 4.78 is 0. The van der Waals surface area contributed by atoms with Gasteiger partial charge in [0, 0.05) is 19.5 Å². The molecule has 0 aromatic rings. The highest BCUT2D eigenvalue weighted by Gasteiger charge is 2.36. The molecule has 3 heteroatoms. The Morgan fingerprint density at radius 3 is 2.22 bits per heavy atom. The van der Waals surface area contributed by atoms with Crippen molar-refractivity contribution < 1.29 is 4.79 Å². The zero-order chi connectivity index (χ0) is 13.2. The second-order valence-electron chi connectivity index (χ2n) is 6.69. The summed E-state index contributed by atoms with van der Waals surface area (Å²) in [6.07, 6.45) is 6.79. The van der Waals surface area contributed by atoms with E-state index in [0.29, 0.717) is 30.7 Å². The molecule has 3 nitrogen and oxygen atoms in total. The summed E-state index contributed by atoms with van der Waals surface area (Å²) in [6, 6.07) is 0. The maximum absolute atomic E-state index is 12.4. The molecule has 104 valence electrons. The van der Waals surface area contributed by atoms with Crippen LogP contribution < -0.4 is 5.73 Å². The van der Waals surface area contributed by atoms with Gasteiger partial charge in [0.1, 0.15) is 0 Å². The Hall–Kier alpha value is -0.570. The number of nitrogens with zero attached hydrogens (tertiary/aromatic N) is 1. The average Bonchev–Trinajstić information content (AvgIpc) is 2.71. The Kier molecular flexibility index (Phi) is 4.31. The van der Waals surface area contributed by atoms with Gasteiger partial charge in [-0.25, -0.2) is 0 Å². The Morgan fingerprint density at radius 1 is 1.17 bits per heavy atom. The van der Waals surface area contributed by atoms with E-state index in [1.165, 1.54) is 19.3 Å². The van der Waals surface area contributed by atoms with Gasteiger partial charge in [0.2, 0.25) is 5.91 Å². The molecule has 2 unspecified atom stereocenters. The van der Waals surface area contributed by atoms with Crippen molar-refractivity contribution in [2.45, 2.75) is 52.4 Å². The standard InChI is InChI=1S/C15H28N2O/c1-12-9-17(10-13(12)2)14(18)8-15(11-16)6-4-3-5-7-15/h12-13H,3-11,16H2,1-2H3. The molecule has 1 amide bonds. The van der Waals surface area contributed by atoms with Crippen molar-refractivity contribution in [3.63, 3.8) is 0 Å². The quantitative estimate of drug-likeness (QED) is 0.838. The minimum atomic E-state index is 0.115. The summed E-state index contributed by atoms with van der Waals surface area (Å²) in [5.41, 5.74) is 6.08. The van der Waals surface area contributed by atoms with E-state index in [1.807, 2.05) is 0 Å². The molecule has 0 bridgehead atoms. The molecular formula is C15H28N2O. The van der Waals surface area contributed by atoms with E-state index in [1.54, 1.807) is 0 Å². The monoisotopic (exact) mass is 252 g/mol. The van der Waals surface area contributed by atoms with Gasteiger partial charge in [-0.1, -0.05) is 33.1 Å². The molecule has 18 heavy (non-hydrogen) atoms. The largest absolute Gasteiger partial charge is 0.342 e. The number of likely N-dealkylation sites (tertiary alicyclic amines) is 1. The highest BCUT2D eigenvalue weighted by molar-refractivity contribution is 5.77. The third-order valence-electron chi connectivity index (χ3n) is 5.21. The molecule has 2 atom stereocenters. The van der Waals surface area contributed by atoms with Crippen LogP contribution in [0.25, 0.3) is 0 Å². The van der Waals surface area contributed by atoms with Crippen LogP contribution in [0.5, 0.6) is 0 Å². The summed E-state index contributed by atoms with van der Waals surface area (Å²) in [5, 5.41) is 0. The van der Waals surface area contributed by atoms with Crippen molar-refractivity contribution >= 4 is 5.91 Å². The number of amides is 1. The first-order valence-electron chi connectivity index (χ1n) is 7.54. The van der Waals surface area contributed by atoms with Gasteiger partial charge in [-0.3, -0.25) is 4.79 Å². The fraction of sp³-hybridized carbons (Fsp3) is 0.933. The van der Waals surface area contributed by atoms with Crippen LogP contribution in [0, 0.1) is 17.3 Å². The Balaban J connectivity index is 1.93. The molecule has 0 radical (unpaired) electrons. The molecule has 0 aromatic heterocycles. The number of hydrogen-bond donors (Lipinski definition) is 1. The molecule has 0 spiro atoms. The number of hydrogen-bond acceptors (Lipinski definition) is 2. The number of carbonyl (C=O) groups excluding carboxylic acids is 1. The average molecular weight is 252 g/mol.